The third-order valence-electron chi connectivity index (χ3n) is 4.99. The number of aromatic nitrogens is 3. The van der Waals surface area contributed by atoms with E-state index in [2.05, 4.69) is 10.4 Å². The first-order valence-corrected chi connectivity index (χ1v) is 10.4. The van der Waals surface area contributed by atoms with Crippen molar-refractivity contribution in [3.8, 4) is 5.69 Å². The second-order valence-corrected chi connectivity index (χ2v) is 8.03. The molecular formula is C23H24F3N5O3. The summed E-state index contributed by atoms with van der Waals surface area (Å²) < 4.78 is 41.0. The number of rotatable bonds is 7. The quantitative estimate of drug-likeness (QED) is 0.565. The lowest BCUT2D eigenvalue weighted by Gasteiger charge is -2.14. The molecule has 3 rings (SSSR count). The summed E-state index contributed by atoms with van der Waals surface area (Å²) in [4.78, 5) is 40.7. The Labute approximate surface area is 193 Å². The van der Waals surface area contributed by atoms with Crippen molar-refractivity contribution in [1.82, 2.24) is 24.6 Å². The van der Waals surface area contributed by atoms with Crippen LogP contribution in [0.15, 0.2) is 58.1 Å². The molecule has 1 aromatic heterocycles. The highest BCUT2D eigenvalue weighted by atomic mass is 19.4. The van der Waals surface area contributed by atoms with E-state index >= 15 is 0 Å². The number of alkyl halides is 3. The number of halogens is 3. The number of carbonyl (C=O) groups excluding carboxylic acids is 1. The van der Waals surface area contributed by atoms with Crippen LogP contribution in [0.2, 0.25) is 0 Å². The lowest BCUT2D eigenvalue weighted by molar-refractivity contribution is -0.137. The van der Waals surface area contributed by atoms with Crippen molar-refractivity contribution < 1.29 is 18.0 Å². The Morgan fingerprint density at radius 3 is 2.38 bits per heavy atom. The zero-order chi connectivity index (χ0) is 25.0. The summed E-state index contributed by atoms with van der Waals surface area (Å²) in [6.45, 7) is 2.11. The average molecular weight is 475 g/mol. The topological polar surface area (TPSA) is 89.2 Å². The molecule has 0 spiro atoms. The van der Waals surface area contributed by atoms with Gasteiger partial charge in [-0.15, -0.1) is 0 Å². The largest absolute Gasteiger partial charge is 0.416 e. The molecule has 0 bridgehead atoms. The summed E-state index contributed by atoms with van der Waals surface area (Å²) >= 11 is 0. The normalized spacial score (nSPS) is 11.6. The van der Waals surface area contributed by atoms with E-state index in [1.54, 1.807) is 24.3 Å². The van der Waals surface area contributed by atoms with Crippen molar-refractivity contribution in [3.05, 3.63) is 91.8 Å². The Morgan fingerprint density at radius 1 is 1.09 bits per heavy atom. The van der Waals surface area contributed by atoms with Gasteiger partial charge in [-0.2, -0.15) is 23.0 Å². The van der Waals surface area contributed by atoms with Crippen LogP contribution in [0, 0.1) is 6.92 Å². The van der Waals surface area contributed by atoms with Gasteiger partial charge in [0.15, 0.2) is 0 Å². The zero-order valence-corrected chi connectivity index (χ0v) is 18.9. The highest BCUT2D eigenvalue weighted by Crippen LogP contribution is 2.29. The van der Waals surface area contributed by atoms with Gasteiger partial charge < -0.3 is 10.2 Å². The minimum atomic E-state index is -4.58. The molecular weight excluding hydrogens is 451 g/mol. The van der Waals surface area contributed by atoms with Crippen molar-refractivity contribution in [1.29, 1.82) is 0 Å². The summed E-state index contributed by atoms with van der Waals surface area (Å²) in [5.41, 5.74) is -2.02. The first kappa shape index (κ1) is 24.9. The fourth-order valence-electron chi connectivity index (χ4n) is 3.16. The molecule has 0 saturated carbocycles. The first-order valence-electron chi connectivity index (χ1n) is 10.4. The highest BCUT2D eigenvalue weighted by Gasteiger charge is 2.30. The second-order valence-electron chi connectivity index (χ2n) is 8.03. The van der Waals surface area contributed by atoms with Gasteiger partial charge in [-0.05, 0) is 50.8 Å². The smallest absolute Gasteiger partial charge is 0.349 e. The van der Waals surface area contributed by atoms with Crippen LogP contribution in [0.25, 0.3) is 5.69 Å². The van der Waals surface area contributed by atoms with Crippen LogP contribution in [0.3, 0.4) is 0 Å². The summed E-state index contributed by atoms with van der Waals surface area (Å²) in [6, 6.07) is 11.0. The molecule has 11 heteroatoms. The predicted octanol–water partition coefficient (Wildman–Crippen LogP) is 2.06. The Kier molecular flexibility index (Phi) is 7.35. The van der Waals surface area contributed by atoms with E-state index in [-0.39, 0.29) is 12.1 Å². The van der Waals surface area contributed by atoms with Crippen molar-refractivity contribution in [2.45, 2.75) is 19.6 Å². The number of nitrogens with zero attached hydrogens (tertiary/aromatic N) is 4. The number of amides is 1. The third kappa shape index (κ3) is 5.79. The second kappa shape index (κ2) is 10.0. The summed E-state index contributed by atoms with van der Waals surface area (Å²) in [7, 11) is 3.62. The van der Waals surface area contributed by atoms with E-state index in [4.69, 9.17) is 0 Å². The zero-order valence-electron chi connectivity index (χ0n) is 18.9. The molecule has 0 atom stereocenters. The number of benzene rings is 2. The monoisotopic (exact) mass is 475 g/mol. The predicted molar refractivity (Wildman–Crippen MR) is 120 cm³/mol. The van der Waals surface area contributed by atoms with Crippen molar-refractivity contribution in [3.63, 3.8) is 0 Å². The number of nitrogens with one attached hydrogen (secondary N) is 1. The van der Waals surface area contributed by atoms with Gasteiger partial charge in [0, 0.05) is 13.1 Å². The molecule has 0 radical (unpaired) electrons. The van der Waals surface area contributed by atoms with Crippen LogP contribution >= 0.6 is 0 Å². The average Bonchev–Trinajstić information content (AvgIpc) is 2.77. The molecule has 0 unspecified atom stereocenters. The maximum Gasteiger partial charge on any atom is 0.416 e. The molecule has 0 saturated heterocycles. The van der Waals surface area contributed by atoms with Crippen LogP contribution in [-0.2, 0) is 12.7 Å². The molecule has 0 aliphatic rings. The molecule has 0 aliphatic carbocycles. The third-order valence-corrected chi connectivity index (χ3v) is 4.99. The Morgan fingerprint density at radius 2 is 1.76 bits per heavy atom. The molecule has 1 heterocycles. The molecule has 0 aliphatic heterocycles. The van der Waals surface area contributed by atoms with Gasteiger partial charge in [-0.1, -0.05) is 29.8 Å². The van der Waals surface area contributed by atoms with Crippen molar-refractivity contribution in [2.75, 3.05) is 27.2 Å². The molecule has 1 N–H and O–H groups in total. The fourth-order valence-corrected chi connectivity index (χ4v) is 3.16. The lowest BCUT2D eigenvalue weighted by Crippen LogP contribution is -2.46. The van der Waals surface area contributed by atoms with Crippen LogP contribution in [0.4, 0.5) is 13.2 Å². The van der Waals surface area contributed by atoms with Crippen molar-refractivity contribution >= 4 is 5.91 Å². The van der Waals surface area contributed by atoms with E-state index in [0.717, 1.165) is 22.4 Å². The maximum atomic E-state index is 13.1. The summed E-state index contributed by atoms with van der Waals surface area (Å²) in [6.07, 6.45) is -4.58. The first-order chi connectivity index (χ1) is 16.0. The number of hydrogen-bond acceptors (Lipinski definition) is 5. The van der Waals surface area contributed by atoms with Crippen molar-refractivity contribution in [2.24, 2.45) is 0 Å². The number of likely N-dealkylation sites (N-methyl/N-ethyl adjacent to an activating group) is 1. The molecule has 180 valence electrons. The molecule has 0 fully saturated rings. The fraction of sp³-hybridized carbons (Fsp3) is 0.304. The van der Waals surface area contributed by atoms with Crippen LogP contribution in [0.1, 0.15) is 27.2 Å². The molecule has 34 heavy (non-hydrogen) atoms. The van der Waals surface area contributed by atoms with Gasteiger partial charge in [0.25, 0.3) is 11.5 Å². The van der Waals surface area contributed by atoms with Gasteiger partial charge >= 0.3 is 11.9 Å². The SMILES string of the molecule is Cc1ccc(-n2nc(C(=O)NCCN(C)C)c(=O)n(Cc3cccc(C(F)(F)F)c3)c2=O)cc1. The maximum absolute atomic E-state index is 13.1. The summed E-state index contributed by atoms with van der Waals surface area (Å²) in [5, 5.41) is 6.57. The van der Waals surface area contributed by atoms with Crippen LogP contribution < -0.4 is 16.6 Å². The Balaban J connectivity index is 2.11. The lowest BCUT2D eigenvalue weighted by atomic mass is 10.1. The van der Waals surface area contributed by atoms with Gasteiger partial charge in [0.05, 0.1) is 17.8 Å². The molecule has 3 aromatic rings. The van der Waals surface area contributed by atoms with E-state index in [1.807, 2.05) is 25.9 Å². The van der Waals surface area contributed by atoms with E-state index in [1.165, 1.54) is 12.1 Å². The van der Waals surface area contributed by atoms with Gasteiger partial charge in [0.2, 0.25) is 5.69 Å². The minimum absolute atomic E-state index is 0.0784. The number of carbonyl (C=O) groups is 1. The van der Waals surface area contributed by atoms with E-state index in [9.17, 15) is 27.6 Å². The molecule has 8 nitrogen and oxygen atoms in total. The van der Waals surface area contributed by atoms with E-state index in [0.29, 0.717) is 16.8 Å². The van der Waals surface area contributed by atoms with Crippen LogP contribution in [-0.4, -0.2) is 52.3 Å². The van der Waals surface area contributed by atoms with Gasteiger partial charge in [0.1, 0.15) is 0 Å². The van der Waals surface area contributed by atoms with Gasteiger partial charge in [-0.25, -0.2) is 4.79 Å². The standard InChI is InChI=1S/C23H24F3N5O3/c1-15-7-9-18(10-8-15)31-22(34)30(14-16-5-4-6-17(13-16)23(24,25)26)21(33)19(28-31)20(32)27-11-12-29(2)3/h4-10,13H,11-12,14H2,1-3H3,(H,27,32). The Bertz CT molecular complexity index is 1290. The summed E-state index contributed by atoms with van der Waals surface area (Å²) in [5.74, 6) is -0.787. The Hall–Kier alpha value is -3.73. The minimum Gasteiger partial charge on any atom is -0.349 e. The highest BCUT2D eigenvalue weighted by molar-refractivity contribution is 5.91. The van der Waals surface area contributed by atoms with Crippen LogP contribution in [0.5, 0.6) is 0 Å². The van der Waals surface area contributed by atoms with Gasteiger partial charge in [-0.3, -0.25) is 14.2 Å². The number of aryl methyl sites for hydroxylation is 1. The molecule has 1 amide bonds. The van der Waals surface area contributed by atoms with E-state index < -0.39 is 41.1 Å². The number of hydrogen-bond donors (Lipinski definition) is 1. The molecule has 2 aromatic carbocycles.